The lowest BCUT2D eigenvalue weighted by Gasteiger charge is -2.37. The summed E-state index contributed by atoms with van der Waals surface area (Å²) in [6.07, 6.45) is 2.24. The topological polar surface area (TPSA) is 58.9 Å². The second-order valence-corrected chi connectivity index (χ2v) is 4.60. The van der Waals surface area contributed by atoms with E-state index in [0.717, 1.165) is 45.0 Å². The normalized spacial score (nSPS) is 16.4. The van der Waals surface area contributed by atoms with Crippen LogP contribution in [-0.2, 0) is 13.1 Å². The second-order valence-electron chi connectivity index (χ2n) is 4.60. The van der Waals surface area contributed by atoms with E-state index in [1.165, 1.54) is 6.42 Å². The third kappa shape index (κ3) is 3.01. The first-order chi connectivity index (χ1) is 8.35. The molecule has 6 heteroatoms. The Bertz CT molecular complexity index is 332. The Hall–Kier alpha value is -1.01. The summed E-state index contributed by atoms with van der Waals surface area (Å²) in [5.74, 6) is 0.993. The Balaban J connectivity index is 1.97. The molecule has 0 aromatic carbocycles. The molecule has 17 heavy (non-hydrogen) atoms. The summed E-state index contributed by atoms with van der Waals surface area (Å²) in [6, 6.07) is 0.654. The molecule has 0 atom stereocenters. The highest BCUT2D eigenvalue weighted by atomic mass is 15.5. The highest BCUT2D eigenvalue weighted by molar-refractivity contribution is 4.89. The number of rotatable bonds is 7. The van der Waals surface area contributed by atoms with Gasteiger partial charge in [0.15, 0.2) is 5.82 Å². The van der Waals surface area contributed by atoms with Crippen molar-refractivity contribution in [1.29, 1.82) is 0 Å². The molecular weight excluding hydrogens is 216 g/mol. The van der Waals surface area contributed by atoms with Crippen LogP contribution in [0.15, 0.2) is 0 Å². The van der Waals surface area contributed by atoms with Gasteiger partial charge in [-0.05, 0) is 29.8 Å². The average molecular weight is 238 g/mol. The summed E-state index contributed by atoms with van der Waals surface area (Å²) in [5, 5.41) is 15.3. The zero-order chi connectivity index (χ0) is 12.1. The Morgan fingerprint density at radius 2 is 2.18 bits per heavy atom. The van der Waals surface area contributed by atoms with Crippen LogP contribution in [0.25, 0.3) is 0 Å². The van der Waals surface area contributed by atoms with Gasteiger partial charge in [-0.2, -0.15) is 0 Å². The van der Waals surface area contributed by atoms with E-state index in [2.05, 4.69) is 39.6 Å². The molecule has 1 aromatic heterocycles. The van der Waals surface area contributed by atoms with E-state index < -0.39 is 0 Å². The standard InChI is InChI=1S/C11H22N6/c1-3-5-16(10-7-12-8-10)9-11-13-14-15-17(11)6-4-2/h10,12H,3-9H2,1-2H3. The van der Waals surface area contributed by atoms with Crippen LogP contribution < -0.4 is 5.32 Å². The minimum absolute atomic E-state index is 0.654. The van der Waals surface area contributed by atoms with Crippen LogP contribution >= 0.6 is 0 Å². The van der Waals surface area contributed by atoms with Crippen LogP contribution in [0.3, 0.4) is 0 Å². The van der Waals surface area contributed by atoms with Gasteiger partial charge in [0.1, 0.15) is 0 Å². The van der Waals surface area contributed by atoms with Crippen molar-refractivity contribution in [2.24, 2.45) is 0 Å². The minimum atomic E-state index is 0.654. The second kappa shape index (κ2) is 6.07. The van der Waals surface area contributed by atoms with Gasteiger partial charge < -0.3 is 5.32 Å². The van der Waals surface area contributed by atoms with Crippen LogP contribution in [0.1, 0.15) is 32.5 Å². The van der Waals surface area contributed by atoms with Gasteiger partial charge in [0, 0.05) is 25.7 Å². The zero-order valence-electron chi connectivity index (χ0n) is 10.8. The van der Waals surface area contributed by atoms with Crippen LogP contribution in [0.5, 0.6) is 0 Å². The molecule has 1 saturated heterocycles. The van der Waals surface area contributed by atoms with Crippen molar-refractivity contribution in [3.63, 3.8) is 0 Å². The number of nitrogens with one attached hydrogen (secondary N) is 1. The highest BCUT2D eigenvalue weighted by Gasteiger charge is 2.25. The molecule has 1 aromatic rings. The lowest BCUT2D eigenvalue weighted by Crippen LogP contribution is -2.57. The van der Waals surface area contributed by atoms with Gasteiger partial charge in [-0.3, -0.25) is 4.90 Å². The third-order valence-electron chi connectivity index (χ3n) is 3.17. The van der Waals surface area contributed by atoms with Gasteiger partial charge in [0.05, 0.1) is 6.54 Å². The fraction of sp³-hybridized carbons (Fsp3) is 0.909. The van der Waals surface area contributed by atoms with Gasteiger partial charge in [0.25, 0.3) is 0 Å². The van der Waals surface area contributed by atoms with Crippen LogP contribution in [-0.4, -0.2) is 50.8 Å². The summed E-state index contributed by atoms with van der Waals surface area (Å²) in [4.78, 5) is 2.48. The number of tetrazole rings is 1. The molecule has 0 radical (unpaired) electrons. The quantitative estimate of drug-likeness (QED) is 0.739. The fourth-order valence-corrected chi connectivity index (χ4v) is 2.11. The molecule has 0 spiro atoms. The molecule has 0 unspecified atom stereocenters. The molecular formula is C11H22N6. The minimum Gasteiger partial charge on any atom is -0.314 e. The SMILES string of the molecule is CCCN(Cc1nnnn1CCC)C1CNC1. The van der Waals surface area contributed by atoms with E-state index >= 15 is 0 Å². The Labute approximate surface area is 102 Å². The van der Waals surface area contributed by atoms with E-state index in [1.807, 2.05) is 4.68 Å². The van der Waals surface area contributed by atoms with E-state index in [4.69, 9.17) is 0 Å². The van der Waals surface area contributed by atoms with Gasteiger partial charge in [-0.1, -0.05) is 13.8 Å². The number of aryl methyl sites for hydroxylation is 1. The first kappa shape index (κ1) is 12.4. The first-order valence-corrected chi connectivity index (χ1v) is 6.55. The maximum absolute atomic E-state index is 4.14. The van der Waals surface area contributed by atoms with Gasteiger partial charge in [-0.25, -0.2) is 4.68 Å². The van der Waals surface area contributed by atoms with Crippen molar-refractivity contribution in [2.75, 3.05) is 19.6 Å². The summed E-state index contributed by atoms with van der Waals surface area (Å²) >= 11 is 0. The molecule has 2 rings (SSSR count). The number of hydrogen-bond acceptors (Lipinski definition) is 5. The Kier molecular flexibility index (Phi) is 4.44. The van der Waals surface area contributed by atoms with Gasteiger partial charge in [-0.15, -0.1) is 5.10 Å². The van der Waals surface area contributed by atoms with E-state index in [-0.39, 0.29) is 0 Å². The molecule has 0 amide bonds. The van der Waals surface area contributed by atoms with Gasteiger partial charge in [0.2, 0.25) is 0 Å². The van der Waals surface area contributed by atoms with Crippen molar-refractivity contribution >= 4 is 0 Å². The maximum Gasteiger partial charge on any atom is 0.165 e. The summed E-state index contributed by atoms with van der Waals surface area (Å²) < 4.78 is 1.93. The van der Waals surface area contributed by atoms with E-state index in [0.29, 0.717) is 6.04 Å². The van der Waals surface area contributed by atoms with Crippen molar-refractivity contribution < 1.29 is 0 Å². The largest absolute Gasteiger partial charge is 0.314 e. The van der Waals surface area contributed by atoms with Crippen molar-refractivity contribution in [3.05, 3.63) is 5.82 Å². The molecule has 0 bridgehead atoms. The fourth-order valence-electron chi connectivity index (χ4n) is 2.11. The average Bonchev–Trinajstić information content (AvgIpc) is 2.64. The van der Waals surface area contributed by atoms with Crippen molar-refractivity contribution in [2.45, 2.75) is 45.8 Å². The summed E-state index contributed by atoms with van der Waals surface area (Å²) in [7, 11) is 0. The molecule has 1 aliphatic heterocycles. The van der Waals surface area contributed by atoms with E-state index in [9.17, 15) is 0 Å². The Morgan fingerprint density at radius 3 is 2.76 bits per heavy atom. The number of nitrogens with zero attached hydrogens (tertiary/aromatic N) is 5. The van der Waals surface area contributed by atoms with Gasteiger partial charge >= 0.3 is 0 Å². The lowest BCUT2D eigenvalue weighted by atomic mass is 10.1. The maximum atomic E-state index is 4.14. The number of aromatic nitrogens is 4. The highest BCUT2D eigenvalue weighted by Crippen LogP contribution is 2.10. The monoisotopic (exact) mass is 238 g/mol. The lowest BCUT2D eigenvalue weighted by molar-refractivity contribution is 0.132. The molecule has 1 aliphatic rings. The van der Waals surface area contributed by atoms with Crippen LogP contribution in [0, 0.1) is 0 Å². The molecule has 2 heterocycles. The molecule has 0 saturated carbocycles. The molecule has 96 valence electrons. The summed E-state index contributed by atoms with van der Waals surface area (Å²) in [6.45, 7) is 9.44. The third-order valence-corrected chi connectivity index (χ3v) is 3.17. The van der Waals surface area contributed by atoms with Crippen LogP contribution in [0.4, 0.5) is 0 Å². The van der Waals surface area contributed by atoms with Crippen molar-refractivity contribution in [1.82, 2.24) is 30.4 Å². The molecule has 0 aliphatic carbocycles. The smallest absolute Gasteiger partial charge is 0.165 e. The first-order valence-electron chi connectivity index (χ1n) is 6.55. The van der Waals surface area contributed by atoms with Crippen molar-refractivity contribution in [3.8, 4) is 0 Å². The molecule has 1 N–H and O–H groups in total. The Morgan fingerprint density at radius 1 is 1.35 bits per heavy atom. The zero-order valence-corrected chi connectivity index (χ0v) is 10.8. The van der Waals surface area contributed by atoms with E-state index in [1.54, 1.807) is 0 Å². The summed E-state index contributed by atoms with van der Waals surface area (Å²) in [5.41, 5.74) is 0. The van der Waals surface area contributed by atoms with Crippen LogP contribution in [0.2, 0.25) is 0 Å². The predicted molar refractivity (Wildman–Crippen MR) is 65.5 cm³/mol. The molecule has 6 nitrogen and oxygen atoms in total. The number of hydrogen-bond donors (Lipinski definition) is 1. The molecule has 1 fully saturated rings. The predicted octanol–water partition coefficient (Wildman–Crippen LogP) is 0.267.